The van der Waals surface area contributed by atoms with Gasteiger partial charge in [-0.3, -0.25) is 13.9 Å². The summed E-state index contributed by atoms with van der Waals surface area (Å²) in [7, 11) is -3.85. The molecule has 0 fully saturated rings. The minimum Gasteiger partial charge on any atom is -0.352 e. The highest BCUT2D eigenvalue weighted by molar-refractivity contribution is 7.92. The monoisotopic (exact) mass is 617 g/mol. The Morgan fingerprint density at radius 1 is 0.927 bits per heavy atom. The van der Waals surface area contributed by atoms with E-state index in [1.54, 1.807) is 37.3 Å². The second kappa shape index (κ2) is 14.2. The summed E-state index contributed by atoms with van der Waals surface area (Å²) in [5.41, 5.74) is 3.61. The van der Waals surface area contributed by atoms with Gasteiger partial charge in [-0.05, 0) is 62.1 Å². The Balaban J connectivity index is 2.10. The first kappa shape index (κ1) is 32.4. The number of sulfonamides is 1. The summed E-state index contributed by atoms with van der Waals surface area (Å²) < 4.78 is 27.1. The van der Waals surface area contributed by atoms with Crippen LogP contribution >= 0.6 is 23.2 Å². The summed E-state index contributed by atoms with van der Waals surface area (Å²) >= 11 is 12.4. The van der Waals surface area contributed by atoms with Crippen molar-refractivity contribution in [1.82, 2.24) is 10.2 Å². The molecule has 0 aliphatic heterocycles. The van der Waals surface area contributed by atoms with E-state index in [1.165, 1.54) is 4.90 Å². The first-order valence-corrected chi connectivity index (χ1v) is 16.0. The fourth-order valence-electron chi connectivity index (χ4n) is 4.51. The normalized spacial score (nSPS) is 12.9. The Morgan fingerprint density at radius 2 is 1.61 bits per heavy atom. The predicted molar refractivity (Wildman–Crippen MR) is 167 cm³/mol. The van der Waals surface area contributed by atoms with Crippen molar-refractivity contribution in [1.29, 1.82) is 0 Å². The van der Waals surface area contributed by atoms with Crippen LogP contribution in [0.15, 0.2) is 66.7 Å². The number of carbonyl (C=O) groups excluding carboxylic acids is 2. The Bertz CT molecular complexity index is 1480. The average Bonchev–Trinajstić information content (AvgIpc) is 2.91. The van der Waals surface area contributed by atoms with E-state index in [9.17, 15) is 18.0 Å². The van der Waals surface area contributed by atoms with E-state index in [2.05, 4.69) is 5.32 Å². The van der Waals surface area contributed by atoms with Crippen LogP contribution in [0.3, 0.4) is 0 Å². The predicted octanol–water partition coefficient (Wildman–Crippen LogP) is 5.93. The number of nitrogens with one attached hydrogen (secondary N) is 1. The van der Waals surface area contributed by atoms with Crippen molar-refractivity contribution in [2.45, 2.75) is 59.2 Å². The molecule has 10 heteroatoms. The van der Waals surface area contributed by atoms with Crippen molar-refractivity contribution >= 4 is 50.7 Å². The van der Waals surface area contributed by atoms with Crippen molar-refractivity contribution in [3.05, 3.63) is 99.0 Å². The number of nitrogens with zero attached hydrogens (tertiary/aromatic N) is 2. The van der Waals surface area contributed by atoms with E-state index in [0.29, 0.717) is 27.7 Å². The highest BCUT2D eigenvalue weighted by Gasteiger charge is 2.33. The van der Waals surface area contributed by atoms with Crippen molar-refractivity contribution in [3.8, 4) is 0 Å². The van der Waals surface area contributed by atoms with Gasteiger partial charge in [-0.15, -0.1) is 0 Å². The largest absolute Gasteiger partial charge is 0.352 e. The number of hydrogen-bond donors (Lipinski definition) is 1. The van der Waals surface area contributed by atoms with Crippen LogP contribution in [0, 0.1) is 13.8 Å². The molecule has 0 unspecified atom stereocenters. The van der Waals surface area contributed by atoms with Crippen LogP contribution in [0.2, 0.25) is 10.0 Å². The second-order valence-electron chi connectivity index (χ2n) is 10.4. The fourth-order valence-corrected chi connectivity index (χ4v) is 5.74. The molecular weight excluding hydrogens is 581 g/mol. The number of rotatable bonds is 12. The van der Waals surface area contributed by atoms with Crippen molar-refractivity contribution < 1.29 is 18.0 Å². The van der Waals surface area contributed by atoms with E-state index >= 15 is 0 Å². The summed E-state index contributed by atoms with van der Waals surface area (Å²) in [5.74, 6) is -0.851. The van der Waals surface area contributed by atoms with Crippen LogP contribution in [0.4, 0.5) is 5.69 Å². The van der Waals surface area contributed by atoms with Gasteiger partial charge in [0.05, 0.1) is 22.0 Å². The zero-order valence-corrected chi connectivity index (χ0v) is 26.4. The summed E-state index contributed by atoms with van der Waals surface area (Å²) in [6.45, 7) is 7.11. The molecule has 0 aromatic heterocycles. The standard InChI is InChI=1S/C31H37Cl2N3O4S/c1-6-23(4)34-31(38)29(18-24-10-8-7-9-11-24)35(19-25-13-14-26(32)27(33)17-25)30(37)20-36(41(5,39)40)28-15-12-21(2)16-22(28)3/h7-17,23,29H,6,18-20H2,1-5H3,(H,34,38)/t23-,29-/m0/s1. The minimum absolute atomic E-state index is 0.0195. The van der Waals surface area contributed by atoms with E-state index in [0.717, 1.165) is 27.3 Å². The third-order valence-electron chi connectivity index (χ3n) is 6.91. The Kier molecular flexibility index (Phi) is 11.2. The maximum atomic E-state index is 14.2. The molecule has 0 heterocycles. The summed E-state index contributed by atoms with van der Waals surface area (Å²) in [5, 5.41) is 3.69. The van der Waals surface area contributed by atoms with Crippen LogP contribution in [-0.4, -0.2) is 50.0 Å². The highest BCUT2D eigenvalue weighted by atomic mass is 35.5. The summed E-state index contributed by atoms with van der Waals surface area (Å²) in [6, 6.07) is 18.7. The Hall–Kier alpha value is -3.07. The molecule has 0 saturated heterocycles. The van der Waals surface area contributed by atoms with Crippen molar-refractivity contribution in [2.75, 3.05) is 17.1 Å². The Labute approximate surface area is 253 Å². The molecule has 1 N–H and O–H groups in total. The van der Waals surface area contributed by atoms with Gasteiger partial charge in [0.1, 0.15) is 12.6 Å². The van der Waals surface area contributed by atoms with Gasteiger partial charge in [0.15, 0.2) is 0 Å². The van der Waals surface area contributed by atoms with E-state index in [-0.39, 0.29) is 24.9 Å². The summed E-state index contributed by atoms with van der Waals surface area (Å²) in [6.07, 6.45) is 2.01. The van der Waals surface area contributed by atoms with Crippen molar-refractivity contribution in [3.63, 3.8) is 0 Å². The number of hydrogen-bond acceptors (Lipinski definition) is 4. The lowest BCUT2D eigenvalue weighted by Gasteiger charge is -2.34. The van der Waals surface area contributed by atoms with Gasteiger partial charge < -0.3 is 10.2 Å². The van der Waals surface area contributed by atoms with Gasteiger partial charge in [0, 0.05) is 19.0 Å². The molecule has 0 aliphatic rings. The molecule has 2 amide bonds. The molecule has 41 heavy (non-hydrogen) atoms. The molecule has 0 spiro atoms. The van der Waals surface area contributed by atoms with Crippen LogP contribution in [-0.2, 0) is 32.6 Å². The third kappa shape index (κ3) is 8.96. The molecule has 220 valence electrons. The average molecular weight is 619 g/mol. The van der Waals surface area contributed by atoms with Gasteiger partial charge in [0.25, 0.3) is 0 Å². The molecular formula is C31H37Cl2N3O4S. The molecule has 0 aliphatic carbocycles. The highest BCUT2D eigenvalue weighted by Crippen LogP contribution is 2.26. The maximum absolute atomic E-state index is 14.2. The zero-order chi connectivity index (χ0) is 30.3. The SMILES string of the molecule is CC[C@H](C)NC(=O)[C@H](Cc1ccccc1)N(Cc1ccc(Cl)c(Cl)c1)C(=O)CN(c1ccc(C)cc1C)S(C)(=O)=O. The second-order valence-corrected chi connectivity index (χ2v) is 13.1. The van der Waals surface area contributed by atoms with Crippen molar-refractivity contribution in [2.24, 2.45) is 0 Å². The van der Waals surface area contributed by atoms with Crippen LogP contribution in [0.25, 0.3) is 0 Å². The molecule has 0 bridgehead atoms. The van der Waals surface area contributed by atoms with Crippen LogP contribution in [0.1, 0.15) is 42.5 Å². The minimum atomic E-state index is -3.85. The summed E-state index contributed by atoms with van der Waals surface area (Å²) in [4.78, 5) is 29.4. The van der Waals surface area contributed by atoms with Gasteiger partial charge in [-0.2, -0.15) is 0 Å². The van der Waals surface area contributed by atoms with Gasteiger partial charge in [-0.1, -0.05) is 84.2 Å². The topological polar surface area (TPSA) is 86.8 Å². The quantitative estimate of drug-likeness (QED) is 0.273. The lowest BCUT2D eigenvalue weighted by molar-refractivity contribution is -0.140. The third-order valence-corrected chi connectivity index (χ3v) is 8.77. The number of anilines is 1. The first-order chi connectivity index (χ1) is 19.3. The molecule has 0 radical (unpaired) electrons. The molecule has 2 atom stereocenters. The maximum Gasteiger partial charge on any atom is 0.244 e. The van der Waals surface area contributed by atoms with Gasteiger partial charge in [-0.25, -0.2) is 8.42 Å². The smallest absolute Gasteiger partial charge is 0.244 e. The lowest BCUT2D eigenvalue weighted by atomic mass is 10.0. The van der Waals surface area contributed by atoms with E-state index in [4.69, 9.17) is 23.2 Å². The Morgan fingerprint density at radius 3 is 2.20 bits per heavy atom. The molecule has 3 rings (SSSR count). The van der Waals surface area contributed by atoms with Crippen LogP contribution in [0.5, 0.6) is 0 Å². The molecule has 3 aromatic carbocycles. The van der Waals surface area contributed by atoms with E-state index < -0.39 is 28.5 Å². The van der Waals surface area contributed by atoms with Crippen LogP contribution < -0.4 is 9.62 Å². The number of carbonyl (C=O) groups is 2. The number of aryl methyl sites for hydroxylation is 2. The lowest BCUT2D eigenvalue weighted by Crippen LogP contribution is -2.54. The number of amides is 2. The first-order valence-electron chi connectivity index (χ1n) is 13.4. The fraction of sp³-hybridized carbons (Fsp3) is 0.355. The number of benzene rings is 3. The molecule has 3 aromatic rings. The molecule has 7 nitrogen and oxygen atoms in total. The van der Waals surface area contributed by atoms with Gasteiger partial charge >= 0.3 is 0 Å². The molecule has 0 saturated carbocycles. The van der Waals surface area contributed by atoms with E-state index in [1.807, 2.05) is 57.2 Å². The zero-order valence-electron chi connectivity index (χ0n) is 24.0. The van der Waals surface area contributed by atoms with Gasteiger partial charge in [0.2, 0.25) is 21.8 Å². The number of halogens is 2.